The number of benzene rings is 2. The van der Waals surface area contributed by atoms with Crippen LogP contribution in [0.25, 0.3) is 22.3 Å². The average molecular weight is 502 g/mol. The molecular formula is C28H21F3N4O2. The lowest BCUT2D eigenvalue weighted by Crippen LogP contribution is -2.14. The number of pyridine rings is 2. The highest BCUT2D eigenvalue weighted by molar-refractivity contribution is 6.04. The van der Waals surface area contributed by atoms with Gasteiger partial charge < -0.3 is 14.6 Å². The minimum absolute atomic E-state index is 0.0948. The van der Waals surface area contributed by atoms with Crippen molar-refractivity contribution >= 4 is 22.6 Å². The van der Waals surface area contributed by atoms with Gasteiger partial charge >= 0.3 is 6.18 Å². The van der Waals surface area contributed by atoms with Crippen LogP contribution in [0.2, 0.25) is 0 Å². The number of anilines is 1. The van der Waals surface area contributed by atoms with Gasteiger partial charge in [-0.25, -0.2) is 4.98 Å². The number of hydrogen-bond donors (Lipinski definition) is 1. The quantitative estimate of drug-likeness (QED) is 0.281. The van der Waals surface area contributed by atoms with Gasteiger partial charge in [-0.3, -0.25) is 9.78 Å². The number of fused-ring (bicyclic) bond motifs is 1. The highest BCUT2D eigenvalue weighted by Gasteiger charge is 2.31. The van der Waals surface area contributed by atoms with E-state index in [0.29, 0.717) is 22.9 Å². The number of alkyl halides is 3. The fourth-order valence-corrected chi connectivity index (χ4v) is 3.91. The van der Waals surface area contributed by atoms with Crippen molar-refractivity contribution in [1.82, 2.24) is 14.5 Å². The Balaban J connectivity index is 1.46. The summed E-state index contributed by atoms with van der Waals surface area (Å²) in [5, 5.41) is 3.50. The van der Waals surface area contributed by atoms with Gasteiger partial charge in [0, 0.05) is 54.6 Å². The second kappa shape index (κ2) is 9.42. The van der Waals surface area contributed by atoms with Crippen LogP contribution in [0.15, 0.2) is 85.3 Å². The van der Waals surface area contributed by atoms with E-state index in [1.54, 1.807) is 37.5 Å². The Bertz CT molecular complexity index is 1610. The van der Waals surface area contributed by atoms with Gasteiger partial charge in [0.2, 0.25) is 0 Å². The molecule has 9 heteroatoms. The molecule has 0 spiro atoms. The second-order valence-corrected chi connectivity index (χ2v) is 8.52. The molecule has 5 rings (SSSR count). The lowest BCUT2D eigenvalue weighted by atomic mass is 10.1. The maximum Gasteiger partial charge on any atom is 0.416 e. The molecule has 6 nitrogen and oxygen atoms in total. The van der Waals surface area contributed by atoms with Crippen LogP contribution in [0.3, 0.4) is 0 Å². The molecule has 1 amide bonds. The highest BCUT2D eigenvalue weighted by atomic mass is 19.4. The van der Waals surface area contributed by atoms with Gasteiger partial charge in [-0.2, -0.15) is 13.2 Å². The Morgan fingerprint density at radius 3 is 2.54 bits per heavy atom. The molecule has 0 bridgehead atoms. The summed E-state index contributed by atoms with van der Waals surface area (Å²) in [7, 11) is 1.89. The van der Waals surface area contributed by atoms with Gasteiger partial charge in [0.25, 0.3) is 5.91 Å². The number of nitrogens with zero attached hydrogens (tertiary/aromatic N) is 3. The molecular weight excluding hydrogens is 481 g/mol. The number of rotatable bonds is 5. The molecule has 2 aromatic carbocycles. The predicted molar refractivity (Wildman–Crippen MR) is 135 cm³/mol. The van der Waals surface area contributed by atoms with E-state index >= 15 is 0 Å². The van der Waals surface area contributed by atoms with E-state index in [9.17, 15) is 18.0 Å². The molecule has 186 valence electrons. The number of aryl methyl sites for hydroxylation is 2. The summed E-state index contributed by atoms with van der Waals surface area (Å²) in [6, 6.07) is 16.9. The van der Waals surface area contributed by atoms with Crippen LogP contribution in [0.1, 0.15) is 21.5 Å². The van der Waals surface area contributed by atoms with Crippen LogP contribution >= 0.6 is 0 Å². The molecule has 3 aromatic heterocycles. The van der Waals surface area contributed by atoms with Gasteiger partial charge in [0.05, 0.1) is 16.6 Å². The zero-order valence-electron chi connectivity index (χ0n) is 19.9. The van der Waals surface area contributed by atoms with Gasteiger partial charge in [-0.15, -0.1) is 0 Å². The maximum absolute atomic E-state index is 13.1. The van der Waals surface area contributed by atoms with Crippen LogP contribution in [0.4, 0.5) is 18.9 Å². The number of nitrogens with one attached hydrogen (secondary N) is 1. The van der Waals surface area contributed by atoms with Crippen molar-refractivity contribution in [2.45, 2.75) is 13.1 Å². The molecule has 0 aliphatic heterocycles. The molecule has 3 heterocycles. The first-order valence-electron chi connectivity index (χ1n) is 11.3. The molecule has 37 heavy (non-hydrogen) atoms. The zero-order chi connectivity index (χ0) is 26.2. The third-order valence-corrected chi connectivity index (χ3v) is 5.91. The van der Waals surface area contributed by atoms with E-state index in [1.807, 2.05) is 42.1 Å². The molecule has 0 fully saturated rings. The maximum atomic E-state index is 13.1. The molecule has 0 unspecified atom stereocenters. The normalized spacial score (nSPS) is 11.5. The summed E-state index contributed by atoms with van der Waals surface area (Å²) in [5.74, 6) is 0.360. The number of amides is 1. The fraction of sp³-hybridized carbons (Fsp3) is 0.107. The van der Waals surface area contributed by atoms with Gasteiger partial charge in [0.15, 0.2) is 0 Å². The number of hydrogen-bond acceptors (Lipinski definition) is 4. The summed E-state index contributed by atoms with van der Waals surface area (Å²) in [6.07, 6.45) is 0.719. The van der Waals surface area contributed by atoms with Crippen molar-refractivity contribution in [2.75, 3.05) is 5.32 Å². The first-order chi connectivity index (χ1) is 17.7. The van der Waals surface area contributed by atoms with Crippen LogP contribution < -0.4 is 10.1 Å². The average Bonchev–Trinajstić information content (AvgIpc) is 3.27. The number of aromatic nitrogens is 3. The molecule has 0 saturated carbocycles. The SMILES string of the molecule is Cc1ccc(Oc2cc(-c3ccncc3)nc3c2ccn3C)cc1NC(=O)c1cccc(C(F)(F)F)c1. The molecule has 0 atom stereocenters. The molecule has 5 aromatic rings. The minimum Gasteiger partial charge on any atom is -0.456 e. The number of halogens is 3. The van der Waals surface area contributed by atoms with E-state index in [-0.39, 0.29) is 5.56 Å². The summed E-state index contributed by atoms with van der Waals surface area (Å²) in [5.41, 5.74) is 2.48. The Labute approximate surface area is 210 Å². The van der Waals surface area contributed by atoms with E-state index < -0.39 is 17.6 Å². The van der Waals surface area contributed by atoms with Gasteiger partial charge in [-0.05, 0) is 55.0 Å². The highest BCUT2D eigenvalue weighted by Crippen LogP contribution is 2.35. The standard InChI is InChI=1S/C28H21F3N4O2/c1-17-6-7-21(15-23(17)34-27(36)19-4-3-5-20(14-19)28(29,30)31)37-25-16-24(18-8-11-32-12-9-18)33-26-22(25)10-13-35(26)2/h3-16H,1-2H3,(H,34,36). The Hall–Kier alpha value is -4.66. The van der Waals surface area contributed by atoms with Crippen molar-refractivity contribution < 1.29 is 22.7 Å². The Kier molecular flexibility index (Phi) is 6.12. The first kappa shape index (κ1) is 24.1. The number of carbonyl (C=O) groups excluding carboxylic acids is 1. The Morgan fingerprint density at radius 2 is 1.78 bits per heavy atom. The number of carbonyl (C=O) groups is 1. The number of ether oxygens (including phenoxy) is 1. The van der Waals surface area contributed by atoms with Crippen LogP contribution in [-0.2, 0) is 13.2 Å². The van der Waals surface area contributed by atoms with Gasteiger partial charge in [0.1, 0.15) is 17.1 Å². The summed E-state index contributed by atoms with van der Waals surface area (Å²) < 4.78 is 47.4. The third-order valence-electron chi connectivity index (χ3n) is 5.91. The van der Waals surface area contributed by atoms with Gasteiger partial charge in [-0.1, -0.05) is 12.1 Å². The Morgan fingerprint density at radius 1 is 1.00 bits per heavy atom. The van der Waals surface area contributed by atoms with Crippen molar-refractivity contribution in [2.24, 2.45) is 7.05 Å². The second-order valence-electron chi connectivity index (χ2n) is 8.52. The van der Waals surface area contributed by atoms with Crippen molar-refractivity contribution in [3.8, 4) is 22.8 Å². The summed E-state index contributed by atoms with van der Waals surface area (Å²) in [4.78, 5) is 21.6. The van der Waals surface area contributed by atoms with Crippen molar-refractivity contribution in [1.29, 1.82) is 0 Å². The smallest absolute Gasteiger partial charge is 0.416 e. The van der Waals surface area contributed by atoms with E-state index in [4.69, 9.17) is 9.72 Å². The van der Waals surface area contributed by atoms with Crippen molar-refractivity contribution in [3.05, 3.63) is 102 Å². The first-order valence-corrected chi connectivity index (χ1v) is 11.3. The van der Waals surface area contributed by atoms with Crippen LogP contribution in [-0.4, -0.2) is 20.4 Å². The third kappa shape index (κ3) is 5.02. The topological polar surface area (TPSA) is 69.0 Å². The summed E-state index contributed by atoms with van der Waals surface area (Å²) in [6.45, 7) is 1.79. The molecule has 1 N–H and O–H groups in total. The van der Waals surface area contributed by atoms with Crippen molar-refractivity contribution in [3.63, 3.8) is 0 Å². The van der Waals surface area contributed by atoms with E-state index in [2.05, 4.69) is 10.3 Å². The monoisotopic (exact) mass is 502 g/mol. The predicted octanol–water partition coefficient (Wildman–Crippen LogP) is 7.01. The van der Waals surface area contributed by atoms with Crippen LogP contribution in [0, 0.1) is 6.92 Å². The minimum atomic E-state index is -4.54. The summed E-state index contributed by atoms with van der Waals surface area (Å²) >= 11 is 0. The molecule has 0 aliphatic carbocycles. The molecule has 0 aliphatic rings. The molecule has 0 saturated heterocycles. The lowest BCUT2D eigenvalue weighted by Gasteiger charge is -2.14. The largest absolute Gasteiger partial charge is 0.456 e. The molecule has 0 radical (unpaired) electrons. The van der Waals surface area contributed by atoms with E-state index in [0.717, 1.165) is 34.3 Å². The van der Waals surface area contributed by atoms with Crippen LogP contribution in [0.5, 0.6) is 11.5 Å². The van der Waals surface area contributed by atoms with E-state index in [1.165, 1.54) is 12.1 Å². The lowest BCUT2D eigenvalue weighted by molar-refractivity contribution is -0.137. The zero-order valence-corrected chi connectivity index (χ0v) is 19.9. The fourth-order valence-electron chi connectivity index (χ4n) is 3.91.